The molecule has 0 radical (unpaired) electrons. The Morgan fingerprint density at radius 3 is 0.815 bits per heavy atom. The molecule has 0 aliphatic rings. The minimum absolute atomic E-state index is 0. The molecule has 6 nitrogen and oxygen atoms in total. The quantitative estimate of drug-likeness (QED) is 0.0262. The van der Waals surface area contributed by atoms with E-state index in [1.54, 1.807) is 12.1 Å². The number of fused-ring (bicyclic) bond motifs is 2. The van der Waals surface area contributed by atoms with Crippen LogP contribution in [0.15, 0.2) is 70.5 Å². The van der Waals surface area contributed by atoms with Gasteiger partial charge in [-0.1, -0.05) is 230 Å². The molecule has 0 aliphatic carbocycles. The van der Waals surface area contributed by atoms with E-state index in [1.807, 2.05) is 12.1 Å². The predicted octanol–water partition coefficient (Wildman–Crippen LogP) is 16.7. The fourth-order valence-corrected chi connectivity index (χ4v) is 10.8. The third kappa shape index (κ3) is 22.2. The Morgan fingerprint density at radius 1 is 0.323 bits per heavy atom. The van der Waals surface area contributed by atoms with Crippen LogP contribution in [-0.4, -0.2) is 25.9 Å². The number of hydrogen-bond acceptors (Lipinski definition) is 6. The predicted molar refractivity (Wildman–Crippen MR) is 271 cm³/mol. The number of benzene rings is 4. The summed E-state index contributed by atoms with van der Waals surface area (Å²) in [6.45, 7) is 8.92. The van der Waals surface area contributed by atoms with Crippen LogP contribution in [0.25, 0.3) is 21.5 Å². The van der Waals surface area contributed by atoms with Crippen molar-refractivity contribution < 1.29 is 45.4 Å². The second-order valence-corrected chi connectivity index (χ2v) is 21.2. The minimum atomic E-state index is -4.50. The van der Waals surface area contributed by atoms with Gasteiger partial charge in [0.1, 0.15) is 20.2 Å². The zero-order valence-electron chi connectivity index (χ0n) is 41.4. The van der Waals surface area contributed by atoms with Crippen LogP contribution in [0.5, 0.6) is 0 Å². The Morgan fingerprint density at radius 2 is 0.554 bits per heavy atom. The van der Waals surface area contributed by atoms with Gasteiger partial charge in [0.05, 0.1) is 9.79 Å². The molecule has 0 unspecified atom stereocenters. The molecule has 0 N–H and O–H groups in total. The van der Waals surface area contributed by atoms with Gasteiger partial charge >= 0.3 is 19.5 Å². The number of aryl methyl sites for hydroxylation is 4. The number of unbranched alkanes of at least 4 members (excludes halogenated alkanes) is 24. The van der Waals surface area contributed by atoms with Gasteiger partial charge in [-0.2, -0.15) is 0 Å². The van der Waals surface area contributed by atoms with E-state index in [1.165, 1.54) is 165 Å². The van der Waals surface area contributed by atoms with E-state index >= 15 is 0 Å². The second-order valence-electron chi connectivity index (χ2n) is 18.5. The van der Waals surface area contributed by atoms with Crippen molar-refractivity contribution in [2.24, 2.45) is 0 Å². The summed E-state index contributed by atoms with van der Waals surface area (Å²) in [6.07, 6.45) is 38.1. The van der Waals surface area contributed by atoms with Crippen LogP contribution in [0.3, 0.4) is 0 Å². The van der Waals surface area contributed by atoms with Crippen LogP contribution >= 0.6 is 0 Å². The summed E-state index contributed by atoms with van der Waals surface area (Å²) in [7, 11) is -9.00. The monoisotopic (exact) mass is 983 g/mol. The van der Waals surface area contributed by atoms with Crippen molar-refractivity contribution in [2.75, 3.05) is 0 Å². The third-order valence-electron chi connectivity index (χ3n) is 13.1. The van der Waals surface area contributed by atoms with Crippen molar-refractivity contribution in [3.8, 4) is 0 Å². The summed E-state index contributed by atoms with van der Waals surface area (Å²) in [6, 6.07) is 18.9. The van der Waals surface area contributed by atoms with E-state index in [-0.39, 0.29) is 29.3 Å². The Labute approximate surface area is 410 Å². The molecule has 9 heteroatoms. The van der Waals surface area contributed by atoms with Gasteiger partial charge in [0.15, 0.2) is 0 Å². The van der Waals surface area contributed by atoms with Gasteiger partial charge in [-0.15, -0.1) is 0 Å². The summed E-state index contributed by atoms with van der Waals surface area (Å²) in [4.78, 5) is -0.0938. The minimum Gasteiger partial charge on any atom is -0.744 e. The van der Waals surface area contributed by atoms with Crippen molar-refractivity contribution in [2.45, 2.75) is 243 Å². The van der Waals surface area contributed by atoms with Crippen LogP contribution in [0.4, 0.5) is 0 Å². The first-order valence-corrected chi connectivity index (χ1v) is 28.8. The molecular formula is C56H86O6S2Zn. The van der Waals surface area contributed by atoms with Gasteiger partial charge in [-0.25, -0.2) is 16.8 Å². The van der Waals surface area contributed by atoms with Crippen molar-refractivity contribution in [3.63, 3.8) is 0 Å². The van der Waals surface area contributed by atoms with Gasteiger partial charge in [-0.05, 0) is 96.5 Å². The molecule has 0 spiro atoms. The SMILES string of the molecule is CCCCCCCCCc1ccc(CCCCCCCCC)c2c(S(=O)(=O)[O-])cccc12.CCCCCCCCCc1ccc(CCCCCCCCC)c2c(S(=O)(=O)[O-])cccc12.[Zn+2]. The summed E-state index contributed by atoms with van der Waals surface area (Å²) in [5, 5.41) is 3.25. The Hall–Kier alpha value is -2.16. The van der Waals surface area contributed by atoms with E-state index in [0.29, 0.717) is 10.8 Å². The average molecular weight is 985 g/mol. The van der Waals surface area contributed by atoms with Crippen molar-refractivity contribution in [1.82, 2.24) is 0 Å². The van der Waals surface area contributed by atoms with Crippen LogP contribution in [0.2, 0.25) is 0 Å². The van der Waals surface area contributed by atoms with Crippen LogP contribution in [0.1, 0.15) is 230 Å². The molecular weight excluding hydrogens is 898 g/mol. The molecule has 4 aromatic rings. The fourth-order valence-electron chi connectivity index (χ4n) is 9.37. The molecule has 4 aromatic carbocycles. The van der Waals surface area contributed by atoms with Gasteiger partial charge in [0, 0.05) is 10.8 Å². The van der Waals surface area contributed by atoms with E-state index < -0.39 is 20.2 Å². The molecule has 0 amide bonds. The Balaban J connectivity index is 0.000000440. The smallest absolute Gasteiger partial charge is 0.744 e. The maximum absolute atomic E-state index is 12.0. The molecule has 0 aliphatic heterocycles. The van der Waals surface area contributed by atoms with Gasteiger partial charge in [-0.3, -0.25) is 0 Å². The van der Waals surface area contributed by atoms with E-state index in [2.05, 4.69) is 52.0 Å². The zero-order chi connectivity index (χ0) is 46.5. The molecule has 0 atom stereocenters. The molecule has 0 heterocycles. The van der Waals surface area contributed by atoms with Crippen LogP contribution in [0, 0.1) is 0 Å². The van der Waals surface area contributed by atoms with Crippen molar-refractivity contribution in [1.29, 1.82) is 0 Å². The third-order valence-corrected chi connectivity index (χ3v) is 14.9. The van der Waals surface area contributed by atoms with E-state index in [4.69, 9.17) is 0 Å². The standard InChI is InChI=1S/2C28H44O3S.Zn/c2*1-3-5-7-9-11-13-15-18-24-22-23-25(19-16-14-12-10-8-6-4-2)28-26(24)20-17-21-27(28)32(29,30)31;/h2*17,20-23H,3-16,18-19H2,1-2H3,(H,29,30,31);/q;;+2/p-2. The number of rotatable bonds is 34. The fraction of sp³-hybridized carbons (Fsp3) is 0.643. The Kier molecular flexibility index (Phi) is 31.0. The van der Waals surface area contributed by atoms with Gasteiger partial charge < -0.3 is 9.11 Å². The van der Waals surface area contributed by atoms with E-state index in [9.17, 15) is 25.9 Å². The maximum Gasteiger partial charge on any atom is 2.00 e. The molecule has 0 bridgehead atoms. The molecule has 0 aromatic heterocycles. The van der Waals surface area contributed by atoms with Gasteiger partial charge in [0.25, 0.3) is 0 Å². The zero-order valence-corrected chi connectivity index (χ0v) is 46.0. The largest absolute Gasteiger partial charge is 2.00 e. The van der Waals surface area contributed by atoms with Crippen molar-refractivity contribution in [3.05, 3.63) is 82.9 Å². The first-order valence-electron chi connectivity index (χ1n) is 26.0. The molecule has 0 saturated heterocycles. The summed E-state index contributed by atoms with van der Waals surface area (Å²) < 4.78 is 72.1. The van der Waals surface area contributed by atoms with Crippen molar-refractivity contribution >= 4 is 41.8 Å². The summed E-state index contributed by atoms with van der Waals surface area (Å²) in [5.74, 6) is 0. The normalized spacial score (nSPS) is 11.8. The average Bonchev–Trinajstić information content (AvgIpc) is 3.27. The number of hydrogen-bond donors (Lipinski definition) is 0. The first kappa shape index (κ1) is 59.0. The molecule has 360 valence electrons. The van der Waals surface area contributed by atoms with Crippen LogP contribution < -0.4 is 0 Å². The Bertz CT molecular complexity index is 1960. The molecule has 4 rings (SSSR count). The first-order chi connectivity index (χ1) is 31.0. The molecule has 0 saturated carbocycles. The topological polar surface area (TPSA) is 114 Å². The van der Waals surface area contributed by atoms with Crippen LogP contribution in [-0.2, 0) is 65.4 Å². The maximum atomic E-state index is 12.0. The van der Waals surface area contributed by atoms with E-state index in [0.717, 1.165) is 86.1 Å². The van der Waals surface area contributed by atoms with Gasteiger partial charge in [0.2, 0.25) is 0 Å². The second kappa shape index (κ2) is 34.2. The summed E-state index contributed by atoms with van der Waals surface area (Å²) in [5.41, 5.74) is 4.35. The molecule has 65 heavy (non-hydrogen) atoms. The summed E-state index contributed by atoms with van der Waals surface area (Å²) >= 11 is 0. The molecule has 0 fully saturated rings.